The zero-order chi connectivity index (χ0) is 24.6. The monoisotopic (exact) mass is 501 g/mol. The molecule has 1 fully saturated rings. The molecule has 2 heterocycles. The molecule has 33 heavy (non-hydrogen) atoms. The van der Waals surface area contributed by atoms with E-state index < -0.39 is 29.1 Å². The van der Waals surface area contributed by atoms with E-state index in [-0.39, 0.29) is 18.9 Å². The third-order valence-electron chi connectivity index (χ3n) is 6.00. The van der Waals surface area contributed by atoms with Crippen LogP contribution < -0.4 is 14.3 Å². The summed E-state index contributed by atoms with van der Waals surface area (Å²) in [6.07, 6.45) is 0.571. The molecule has 182 valence electrons. The Morgan fingerprint density at radius 1 is 1.24 bits per heavy atom. The number of ether oxygens (including phenoxy) is 3. The van der Waals surface area contributed by atoms with Crippen LogP contribution in [0.2, 0.25) is 5.02 Å². The Labute approximate surface area is 203 Å². The van der Waals surface area contributed by atoms with Crippen molar-refractivity contribution in [3.63, 3.8) is 0 Å². The van der Waals surface area contributed by atoms with Crippen LogP contribution in [-0.2, 0) is 19.2 Å². The van der Waals surface area contributed by atoms with Gasteiger partial charge in [0.25, 0.3) is 0 Å². The summed E-state index contributed by atoms with van der Waals surface area (Å²) in [4.78, 5) is 35.9. The molecule has 0 aromatic heterocycles. The van der Waals surface area contributed by atoms with E-state index in [0.29, 0.717) is 34.2 Å². The Kier molecular flexibility index (Phi) is 7.36. The minimum Gasteiger partial charge on any atom is -0.496 e. The van der Waals surface area contributed by atoms with E-state index in [0.717, 1.165) is 0 Å². The summed E-state index contributed by atoms with van der Waals surface area (Å²) in [5, 5.41) is 4.68. The molecule has 3 rings (SSSR count). The fraction of sp³-hybridized carbons (Fsp3) is 0.591. The molecule has 0 saturated carbocycles. The first-order valence-corrected chi connectivity index (χ1v) is 11.2. The number of rotatable bonds is 6. The molecule has 0 bridgehead atoms. The number of carbonyl (C=O) groups excluding carboxylic acids is 2. The molecule has 2 aliphatic rings. The molecule has 11 heteroatoms. The number of nitrogens with one attached hydrogen (secondary N) is 1. The maximum absolute atomic E-state index is 13.4. The fourth-order valence-corrected chi connectivity index (χ4v) is 4.88. The van der Waals surface area contributed by atoms with Crippen LogP contribution >= 0.6 is 23.4 Å². The largest absolute Gasteiger partial charge is 0.496 e. The Hall–Kier alpha value is -2.23. The van der Waals surface area contributed by atoms with Crippen molar-refractivity contribution in [2.75, 3.05) is 27.9 Å². The van der Waals surface area contributed by atoms with Crippen molar-refractivity contribution in [3.05, 3.63) is 22.7 Å². The quantitative estimate of drug-likeness (QED) is 0.472. The number of hydrogen-bond acceptors (Lipinski definition) is 8. The summed E-state index contributed by atoms with van der Waals surface area (Å²) >= 11 is 12.2. The number of nitrogens with zero attached hydrogens (tertiary/aromatic N) is 2. The normalized spacial score (nSPS) is 23.2. The fourth-order valence-electron chi connectivity index (χ4n) is 4.22. The number of carbonyl (C=O) groups is 2. The zero-order valence-corrected chi connectivity index (χ0v) is 21.0. The molecule has 1 aromatic rings. The number of oxime groups is 1. The van der Waals surface area contributed by atoms with Gasteiger partial charge in [-0.1, -0.05) is 37.5 Å². The van der Waals surface area contributed by atoms with Gasteiger partial charge >= 0.3 is 5.97 Å². The van der Waals surface area contributed by atoms with Crippen molar-refractivity contribution in [3.8, 4) is 11.5 Å². The molecule has 1 spiro atoms. The van der Waals surface area contributed by atoms with Crippen molar-refractivity contribution >= 4 is 41.0 Å². The Morgan fingerprint density at radius 3 is 2.45 bits per heavy atom. The van der Waals surface area contributed by atoms with Gasteiger partial charge in [0, 0.05) is 24.5 Å². The molecule has 0 aliphatic carbocycles. The highest BCUT2D eigenvalue weighted by Gasteiger charge is 2.55. The molecule has 1 saturated heterocycles. The van der Waals surface area contributed by atoms with E-state index in [1.165, 1.54) is 26.2 Å². The number of methoxy groups -OCH3 is 3. The summed E-state index contributed by atoms with van der Waals surface area (Å²) in [5.41, 5.74) is -0.136. The average Bonchev–Trinajstić information content (AvgIpc) is 3.36. The maximum Gasteiger partial charge on any atom is 0.328 e. The highest BCUT2D eigenvalue weighted by Crippen LogP contribution is 2.42. The summed E-state index contributed by atoms with van der Waals surface area (Å²) in [7, 11) is 4.34. The third kappa shape index (κ3) is 4.85. The molecule has 0 unspecified atom stereocenters. The highest BCUT2D eigenvalue weighted by molar-refractivity contribution is 6.32. The van der Waals surface area contributed by atoms with E-state index in [9.17, 15) is 9.59 Å². The van der Waals surface area contributed by atoms with Gasteiger partial charge in [-0.15, -0.1) is 0 Å². The number of likely N-dealkylation sites (tertiary alicyclic amines) is 1. The molecule has 1 amide bonds. The van der Waals surface area contributed by atoms with Gasteiger partial charge in [0.2, 0.25) is 5.91 Å². The van der Waals surface area contributed by atoms with Crippen LogP contribution in [0.3, 0.4) is 0 Å². The molecular formula is C22H29Cl2N3O6. The van der Waals surface area contributed by atoms with Crippen LogP contribution in [-0.4, -0.2) is 68.0 Å². The second-order valence-corrected chi connectivity index (χ2v) is 9.92. The topological polar surface area (TPSA) is 98.7 Å². The van der Waals surface area contributed by atoms with Gasteiger partial charge in [0.15, 0.2) is 5.60 Å². The lowest BCUT2D eigenvalue weighted by molar-refractivity contribution is -0.152. The molecule has 3 atom stereocenters. The molecule has 9 nitrogen and oxygen atoms in total. The highest BCUT2D eigenvalue weighted by atomic mass is 35.5. The van der Waals surface area contributed by atoms with E-state index >= 15 is 0 Å². The number of benzene rings is 1. The van der Waals surface area contributed by atoms with Crippen LogP contribution in [0.4, 0.5) is 0 Å². The van der Waals surface area contributed by atoms with Crippen molar-refractivity contribution in [2.45, 2.75) is 51.3 Å². The van der Waals surface area contributed by atoms with Gasteiger partial charge in [0.1, 0.15) is 23.6 Å². The molecule has 1 aromatic carbocycles. The number of halogens is 2. The van der Waals surface area contributed by atoms with Crippen LogP contribution in [0.15, 0.2) is 17.3 Å². The van der Waals surface area contributed by atoms with E-state index in [4.69, 9.17) is 42.4 Å². The van der Waals surface area contributed by atoms with E-state index in [1.807, 2.05) is 20.8 Å². The van der Waals surface area contributed by atoms with Crippen LogP contribution in [0.25, 0.3) is 0 Å². The Balaban J connectivity index is 1.90. The summed E-state index contributed by atoms with van der Waals surface area (Å²) in [6.45, 7) is 5.81. The van der Waals surface area contributed by atoms with Crippen LogP contribution in [0.5, 0.6) is 11.5 Å². The lowest BCUT2D eigenvalue weighted by Crippen LogP contribution is -2.53. The van der Waals surface area contributed by atoms with E-state index in [2.05, 4.69) is 9.99 Å². The van der Waals surface area contributed by atoms with Crippen molar-refractivity contribution in [1.29, 1.82) is 0 Å². The van der Waals surface area contributed by atoms with E-state index in [1.54, 1.807) is 12.1 Å². The van der Waals surface area contributed by atoms with Crippen molar-refractivity contribution < 1.29 is 28.6 Å². The first kappa shape index (κ1) is 25.4. The van der Waals surface area contributed by atoms with Gasteiger partial charge in [0.05, 0.1) is 38.6 Å². The predicted molar refractivity (Wildman–Crippen MR) is 124 cm³/mol. The third-order valence-corrected chi connectivity index (χ3v) is 6.52. The number of esters is 1. The predicted octanol–water partition coefficient (Wildman–Crippen LogP) is 3.15. The lowest BCUT2D eigenvalue weighted by Gasteiger charge is -2.33. The zero-order valence-electron chi connectivity index (χ0n) is 19.5. The smallest absolute Gasteiger partial charge is 0.328 e. The second-order valence-electron chi connectivity index (χ2n) is 9.29. The SMILES string of the molecule is COC(=O)[C@@H]1C[C@]2(CC(c3cc(Cl)c(OC)cc3OC)=NO2)CN1C(=O)[C@@H](NCl)C(C)(C)C. The lowest BCUT2D eigenvalue weighted by atomic mass is 9.86. The minimum absolute atomic E-state index is 0.149. The Bertz CT molecular complexity index is 964. The van der Waals surface area contributed by atoms with Gasteiger partial charge in [-0.3, -0.25) is 4.79 Å². The molecule has 0 radical (unpaired) electrons. The molecule has 1 N–H and O–H groups in total. The first-order chi connectivity index (χ1) is 15.5. The summed E-state index contributed by atoms with van der Waals surface area (Å²) < 4.78 is 15.7. The van der Waals surface area contributed by atoms with Crippen molar-refractivity contribution in [2.24, 2.45) is 10.6 Å². The molecular weight excluding hydrogens is 473 g/mol. The second kappa shape index (κ2) is 9.56. The minimum atomic E-state index is -0.893. The number of amides is 1. The summed E-state index contributed by atoms with van der Waals surface area (Å²) in [6, 6.07) is 1.83. The van der Waals surface area contributed by atoms with Crippen LogP contribution in [0.1, 0.15) is 39.2 Å². The Morgan fingerprint density at radius 2 is 1.91 bits per heavy atom. The number of hydrogen-bond donors (Lipinski definition) is 1. The van der Waals surface area contributed by atoms with Crippen molar-refractivity contribution in [1.82, 2.24) is 9.74 Å². The maximum atomic E-state index is 13.4. The molecule has 2 aliphatic heterocycles. The van der Waals surface area contributed by atoms with Gasteiger partial charge < -0.3 is 23.9 Å². The van der Waals surface area contributed by atoms with Gasteiger partial charge in [-0.05, 0) is 23.3 Å². The average molecular weight is 502 g/mol. The first-order valence-electron chi connectivity index (χ1n) is 10.4. The summed E-state index contributed by atoms with van der Waals surface area (Å²) in [5.74, 6) is 0.151. The van der Waals surface area contributed by atoms with Crippen LogP contribution in [0, 0.1) is 5.41 Å². The van der Waals surface area contributed by atoms with Gasteiger partial charge in [-0.25, -0.2) is 9.63 Å². The van der Waals surface area contributed by atoms with Gasteiger partial charge in [-0.2, -0.15) is 0 Å². The standard InChI is InChI=1S/C22H29Cl2N3O6/c1-21(2,3)18(25-24)19(28)27-11-22(10-15(27)20(29)32-6)9-14(26-33-22)12-7-13(23)17(31-5)8-16(12)30-4/h7-8,15,18,25H,9-11H2,1-6H3/t15-,18+,22+/m0/s1.